The summed E-state index contributed by atoms with van der Waals surface area (Å²) in [6.45, 7) is 2.01. The number of benzene rings is 2. The number of carbonyl (C=O) groups excluding carboxylic acids is 1. The number of halogens is 1. The second kappa shape index (κ2) is 8.36. The van der Waals surface area contributed by atoms with Crippen molar-refractivity contribution in [2.24, 2.45) is 0 Å². The molecule has 2 aromatic carbocycles. The maximum absolute atomic E-state index is 13.2. The Kier molecular flexibility index (Phi) is 5.25. The van der Waals surface area contributed by atoms with Crippen LogP contribution < -0.4 is 5.32 Å². The van der Waals surface area contributed by atoms with Crippen LogP contribution in [0.2, 0.25) is 0 Å². The van der Waals surface area contributed by atoms with E-state index in [0.29, 0.717) is 11.5 Å². The van der Waals surface area contributed by atoms with Gasteiger partial charge in [0, 0.05) is 22.7 Å². The first-order valence-electron chi connectivity index (χ1n) is 10.1. The van der Waals surface area contributed by atoms with E-state index in [9.17, 15) is 9.18 Å². The first kappa shape index (κ1) is 20.1. The van der Waals surface area contributed by atoms with Crippen LogP contribution in [-0.4, -0.2) is 20.3 Å². The summed E-state index contributed by atoms with van der Waals surface area (Å²) in [4.78, 5) is 22.2. The van der Waals surface area contributed by atoms with Crippen molar-refractivity contribution in [2.75, 3.05) is 5.32 Å². The molecule has 0 atom stereocenters. The molecule has 5 aromatic rings. The lowest BCUT2D eigenvalue weighted by atomic mass is 10.1. The van der Waals surface area contributed by atoms with E-state index in [2.05, 4.69) is 10.3 Å². The number of anilines is 1. The Bertz CT molecular complexity index is 1410. The topological polar surface area (TPSA) is 59.3 Å². The van der Waals surface area contributed by atoms with Crippen molar-refractivity contribution >= 4 is 28.7 Å². The highest BCUT2D eigenvalue weighted by Gasteiger charge is 2.17. The Hall–Kier alpha value is -3.84. The van der Waals surface area contributed by atoms with E-state index in [-0.39, 0.29) is 18.1 Å². The first-order chi connectivity index (χ1) is 15.6. The van der Waals surface area contributed by atoms with Gasteiger partial charge in [0.05, 0.1) is 12.1 Å². The average molecular weight is 443 g/mol. The maximum Gasteiger partial charge on any atom is 0.231 e. The summed E-state index contributed by atoms with van der Waals surface area (Å²) in [7, 11) is 0. The normalized spacial score (nSPS) is 11.1. The number of aryl methyl sites for hydroxylation is 1. The van der Waals surface area contributed by atoms with Crippen molar-refractivity contribution < 1.29 is 9.18 Å². The lowest BCUT2D eigenvalue weighted by molar-refractivity contribution is -0.115. The predicted octanol–water partition coefficient (Wildman–Crippen LogP) is 5.75. The van der Waals surface area contributed by atoms with Crippen LogP contribution in [0.25, 0.3) is 27.5 Å². The lowest BCUT2D eigenvalue weighted by Crippen LogP contribution is -2.16. The Morgan fingerprint density at radius 2 is 1.81 bits per heavy atom. The Balaban J connectivity index is 1.42. The van der Waals surface area contributed by atoms with Gasteiger partial charge in [0.25, 0.3) is 0 Å². The van der Waals surface area contributed by atoms with Crippen molar-refractivity contribution in [2.45, 2.75) is 13.3 Å². The summed E-state index contributed by atoms with van der Waals surface area (Å²) in [6, 6.07) is 19.9. The van der Waals surface area contributed by atoms with Gasteiger partial charge in [0.15, 0.2) is 0 Å². The van der Waals surface area contributed by atoms with Gasteiger partial charge >= 0.3 is 0 Å². The second-order valence-electron chi connectivity index (χ2n) is 7.48. The van der Waals surface area contributed by atoms with Crippen molar-refractivity contribution in [3.63, 3.8) is 0 Å². The van der Waals surface area contributed by atoms with E-state index in [4.69, 9.17) is 4.98 Å². The van der Waals surface area contributed by atoms with Gasteiger partial charge in [-0.25, -0.2) is 14.4 Å². The first-order valence-corrected chi connectivity index (χ1v) is 11.0. The average Bonchev–Trinajstić information content (AvgIpc) is 3.39. The van der Waals surface area contributed by atoms with E-state index in [1.54, 1.807) is 12.1 Å². The molecule has 0 radical (unpaired) electrons. The van der Waals surface area contributed by atoms with Crippen molar-refractivity contribution in [3.05, 3.63) is 95.4 Å². The van der Waals surface area contributed by atoms with Crippen molar-refractivity contribution in [1.82, 2.24) is 14.4 Å². The third-order valence-electron chi connectivity index (χ3n) is 5.07. The molecule has 7 heteroatoms. The molecule has 0 aliphatic rings. The van der Waals surface area contributed by atoms with Crippen LogP contribution in [0, 0.1) is 12.7 Å². The molecule has 3 aromatic heterocycles. The number of pyridine rings is 1. The maximum atomic E-state index is 13.2. The monoisotopic (exact) mass is 442 g/mol. The van der Waals surface area contributed by atoms with Gasteiger partial charge in [-0.3, -0.25) is 9.20 Å². The van der Waals surface area contributed by atoms with Gasteiger partial charge in [-0.15, -0.1) is 11.3 Å². The number of nitrogens with one attached hydrogen (secondary N) is 1. The van der Waals surface area contributed by atoms with Crippen LogP contribution in [0.4, 0.5) is 10.2 Å². The fraction of sp³-hybridized carbons (Fsp3) is 0.0800. The largest absolute Gasteiger partial charge is 0.310 e. The number of aromatic nitrogens is 3. The number of hydrogen-bond donors (Lipinski definition) is 1. The van der Waals surface area contributed by atoms with Gasteiger partial charge in [-0.05, 0) is 48.9 Å². The SMILES string of the molecule is Cc1ccn2c(NC(=O)Cc3csc(-c4ccc(F)cc4)n3)c(-c3ccccc3)nc2c1. The van der Waals surface area contributed by atoms with Crippen LogP contribution in [0.15, 0.2) is 78.3 Å². The highest BCUT2D eigenvalue weighted by atomic mass is 32.1. The highest BCUT2D eigenvalue weighted by Crippen LogP contribution is 2.29. The van der Waals surface area contributed by atoms with Crippen LogP contribution in [0.1, 0.15) is 11.3 Å². The van der Waals surface area contributed by atoms with E-state index in [1.165, 1.54) is 23.5 Å². The fourth-order valence-electron chi connectivity index (χ4n) is 3.52. The second-order valence-corrected chi connectivity index (χ2v) is 8.34. The molecule has 5 rings (SSSR count). The summed E-state index contributed by atoms with van der Waals surface area (Å²) in [5, 5.41) is 5.64. The number of carbonyl (C=O) groups is 1. The summed E-state index contributed by atoms with van der Waals surface area (Å²) < 4.78 is 15.1. The summed E-state index contributed by atoms with van der Waals surface area (Å²) in [5.74, 6) is 0.160. The molecule has 1 amide bonds. The van der Waals surface area contributed by atoms with Gasteiger partial charge in [0.1, 0.15) is 28.0 Å². The molecule has 0 saturated carbocycles. The molecule has 0 bridgehead atoms. The number of nitrogens with zero attached hydrogens (tertiary/aromatic N) is 3. The zero-order valence-corrected chi connectivity index (χ0v) is 18.1. The minimum atomic E-state index is -0.289. The zero-order chi connectivity index (χ0) is 22.1. The number of hydrogen-bond acceptors (Lipinski definition) is 4. The summed E-state index contributed by atoms with van der Waals surface area (Å²) >= 11 is 1.43. The van der Waals surface area contributed by atoms with Crippen LogP contribution >= 0.6 is 11.3 Å². The molecular formula is C25H19FN4OS. The molecule has 0 unspecified atom stereocenters. The van der Waals surface area contributed by atoms with Gasteiger partial charge < -0.3 is 5.32 Å². The number of rotatable bonds is 5. The molecule has 1 N–H and O–H groups in total. The number of thiazole rings is 1. The third-order valence-corrected chi connectivity index (χ3v) is 6.01. The van der Waals surface area contributed by atoms with Crippen LogP contribution in [-0.2, 0) is 11.2 Å². The Morgan fingerprint density at radius 3 is 2.59 bits per heavy atom. The molecule has 0 aliphatic carbocycles. The molecular weight excluding hydrogens is 423 g/mol. The van der Waals surface area contributed by atoms with E-state index in [0.717, 1.165) is 33.0 Å². The molecule has 32 heavy (non-hydrogen) atoms. The summed E-state index contributed by atoms with van der Waals surface area (Å²) in [5.41, 5.74) is 5.00. The van der Waals surface area contributed by atoms with Gasteiger partial charge in [0.2, 0.25) is 5.91 Å². The minimum absolute atomic E-state index is 0.130. The lowest BCUT2D eigenvalue weighted by Gasteiger charge is -2.07. The third kappa shape index (κ3) is 4.02. The number of amides is 1. The number of imidazole rings is 1. The molecule has 158 valence electrons. The van der Waals surface area contributed by atoms with Crippen molar-refractivity contribution in [1.29, 1.82) is 0 Å². The molecule has 0 spiro atoms. The standard InChI is InChI=1S/C25H19FN4OS/c1-16-11-12-30-21(13-16)28-23(17-5-3-2-4-6-17)24(30)29-22(31)14-20-15-32-25(27-20)18-7-9-19(26)10-8-18/h2-13,15H,14H2,1H3,(H,29,31). The smallest absolute Gasteiger partial charge is 0.231 e. The molecule has 5 nitrogen and oxygen atoms in total. The van der Waals surface area contributed by atoms with Crippen molar-refractivity contribution in [3.8, 4) is 21.8 Å². The minimum Gasteiger partial charge on any atom is -0.310 e. The quantitative estimate of drug-likeness (QED) is 0.377. The molecule has 0 fully saturated rings. The Labute approximate surface area is 188 Å². The Morgan fingerprint density at radius 1 is 1.03 bits per heavy atom. The van der Waals surface area contributed by atoms with E-state index in [1.807, 2.05) is 65.4 Å². The van der Waals surface area contributed by atoms with Gasteiger partial charge in [-0.1, -0.05) is 30.3 Å². The zero-order valence-electron chi connectivity index (χ0n) is 17.2. The molecule has 0 aliphatic heterocycles. The molecule has 3 heterocycles. The van der Waals surface area contributed by atoms with Gasteiger partial charge in [-0.2, -0.15) is 0 Å². The number of fused-ring (bicyclic) bond motifs is 1. The predicted molar refractivity (Wildman–Crippen MR) is 125 cm³/mol. The van der Waals surface area contributed by atoms with Crippen LogP contribution in [0.5, 0.6) is 0 Å². The fourth-order valence-corrected chi connectivity index (χ4v) is 4.34. The van der Waals surface area contributed by atoms with Crippen LogP contribution in [0.3, 0.4) is 0 Å². The van der Waals surface area contributed by atoms with E-state index < -0.39 is 0 Å². The summed E-state index contributed by atoms with van der Waals surface area (Å²) in [6.07, 6.45) is 2.04. The van der Waals surface area contributed by atoms with E-state index >= 15 is 0 Å². The highest BCUT2D eigenvalue weighted by molar-refractivity contribution is 7.13. The molecule has 0 saturated heterocycles.